The molecule has 0 radical (unpaired) electrons. The van der Waals surface area contributed by atoms with Gasteiger partial charge in [0.15, 0.2) is 5.65 Å². The van der Waals surface area contributed by atoms with Crippen molar-refractivity contribution in [2.24, 2.45) is 7.05 Å². The fourth-order valence-corrected chi connectivity index (χ4v) is 1.86. The smallest absolute Gasteiger partial charge is 0.205 e. The van der Waals surface area contributed by atoms with E-state index in [0.717, 1.165) is 23.7 Å². The van der Waals surface area contributed by atoms with Gasteiger partial charge in [-0.2, -0.15) is 0 Å². The van der Waals surface area contributed by atoms with Crippen LogP contribution in [0.3, 0.4) is 0 Å². The lowest BCUT2D eigenvalue weighted by atomic mass is 10.3. The molecule has 0 saturated heterocycles. The Morgan fingerprint density at radius 2 is 2.00 bits per heavy atom. The number of hydrogen-bond donors (Lipinski definition) is 1. The summed E-state index contributed by atoms with van der Waals surface area (Å²) in [6, 6.07) is 7.81. The van der Waals surface area contributed by atoms with E-state index >= 15 is 0 Å². The molecule has 3 heterocycles. The molecule has 0 fully saturated rings. The normalized spacial score (nSPS) is 10.7. The first-order valence-electron chi connectivity index (χ1n) is 5.75. The SMILES string of the molecule is Cn1c(NCc2ccncc2)nc2cccnc21. The quantitative estimate of drug-likeness (QED) is 0.759. The Kier molecular flexibility index (Phi) is 2.64. The van der Waals surface area contributed by atoms with Crippen molar-refractivity contribution in [3.8, 4) is 0 Å². The number of fused-ring (bicyclic) bond motifs is 1. The van der Waals surface area contributed by atoms with Crippen molar-refractivity contribution < 1.29 is 0 Å². The highest BCUT2D eigenvalue weighted by Crippen LogP contribution is 2.15. The van der Waals surface area contributed by atoms with Crippen LogP contribution in [0.2, 0.25) is 0 Å². The molecule has 3 rings (SSSR count). The third kappa shape index (κ3) is 1.90. The second-order valence-electron chi connectivity index (χ2n) is 4.05. The van der Waals surface area contributed by atoms with Crippen LogP contribution in [-0.2, 0) is 13.6 Å². The largest absolute Gasteiger partial charge is 0.352 e. The molecule has 0 atom stereocenters. The van der Waals surface area contributed by atoms with Crippen molar-refractivity contribution >= 4 is 17.1 Å². The summed E-state index contributed by atoms with van der Waals surface area (Å²) in [4.78, 5) is 12.8. The maximum absolute atomic E-state index is 4.50. The molecular formula is C13H13N5. The summed E-state index contributed by atoms with van der Waals surface area (Å²) in [5, 5.41) is 3.30. The fourth-order valence-electron chi connectivity index (χ4n) is 1.86. The average Bonchev–Trinajstić information content (AvgIpc) is 2.75. The fraction of sp³-hybridized carbons (Fsp3) is 0.154. The Labute approximate surface area is 105 Å². The van der Waals surface area contributed by atoms with Crippen LogP contribution < -0.4 is 5.32 Å². The van der Waals surface area contributed by atoms with Gasteiger partial charge in [-0.3, -0.25) is 9.55 Å². The van der Waals surface area contributed by atoms with E-state index in [1.54, 1.807) is 18.6 Å². The van der Waals surface area contributed by atoms with E-state index < -0.39 is 0 Å². The zero-order chi connectivity index (χ0) is 12.4. The van der Waals surface area contributed by atoms with E-state index in [-0.39, 0.29) is 0 Å². The molecule has 0 spiro atoms. The van der Waals surface area contributed by atoms with Gasteiger partial charge in [-0.05, 0) is 29.8 Å². The molecule has 0 aliphatic carbocycles. The van der Waals surface area contributed by atoms with Gasteiger partial charge < -0.3 is 5.32 Å². The molecule has 0 amide bonds. The lowest BCUT2D eigenvalue weighted by Gasteiger charge is -2.05. The van der Waals surface area contributed by atoms with Crippen molar-refractivity contribution in [2.75, 3.05) is 5.32 Å². The van der Waals surface area contributed by atoms with Crippen LogP contribution in [0.15, 0.2) is 42.9 Å². The van der Waals surface area contributed by atoms with Crippen molar-refractivity contribution in [1.82, 2.24) is 19.5 Å². The van der Waals surface area contributed by atoms with Crippen LogP contribution in [-0.4, -0.2) is 19.5 Å². The Balaban J connectivity index is 1.85. The topological polar surface area (TPSA) is 55.6 Å². The maximum Gasteiger partial charge on any atom is 0.205 e. The number of rotatable bonds is 3. The van der Waals surface area contributed by atoms with Crippen LogP contribution in [0.4, 0.5) is 5.95 Å². The molecule has 0 unspecified atom stereocenters. The first-order chi connectivity index (χ1) is 8.84. The predicted octanol–water partition coefficient (Wildman–Crippen LogP) is 1.98. The van der Waals surface area contributed by atoms with E-state index in [4.69, 9.17) is 0 Å². The number of aromatic nitrogens is 4. The average molecular weight is 239 g/mol. The zero-order valence-electron chi connectivity index (χ0n) is 10.0. The molecule has 90 valence electrons. The number of aryl methyl sites for hydroxylation is 1. The van der Waals surface area contributed by atoms with E-state index in [1.165, 1.54) is 5.56 Å². The molecule has 0 saturated carbocycles. The van der Waals surface area contributed by atoms with Gasteiger partial charge in [-0.1, -0.05) is 0 Å². The Morgan fingerprint density at radius 1 is 1.17 bits per heavy atom. The van der Waals surface area contributed by atoms with E-state index in [2.05, 4.69) is 20.3 Å². The van der Waals surface area contributed by atoms with Gasteiger partial charge in [-0.25, -0.2) is 9.97 Å². The molecule has 0 aliphatic heterocycles. The summed E-state index contributed by atoms with van der Waals surface area (Å²) in [7, 11) is 1.96. The highest BCUT2D eigenvalue weighted by Gasteiger charge is 2.07. The maximum atomic E-state index is 4.50. The van der Waals surface area contributed by atoms with Crippen LogP contribution in [0, 0.1) is 0 Å². The number of pyridine rings is 2. The zero-order valence-corrected chi connectivity index (χ0v) is 10.0. The lowest BCUT2D eigenvalue weighted by molar-refractivity contribution is 0.914. The summed E-state index contributed by atoms with van der Waals surface area (Å²) in [5.74, 6) is 0.820. The molecule has 0 aromatic carbocycles. The number of nitrogens with one attached hydrogen (secondary N) is 1. The molecule has 5 heteroatoms. The number of nitrogens with zero attached hydrogens (tertiary/aromatic N) is 4. The van der Waals surface area contributed by atoms with Crippen molar-refractivity contribution in [2.45, 2.75) is 6.54 Å². The monoisotopic (exact) mass is 239 g/mol. The van der Waals surface area contributed by atoms with Gasteiger partial charge >= 0.3 is 0 Å². The summed E-state index contributed by atoms with van der Waals surface area (Å²) in [6.07, 6.45) is 5.34. The van der Waals surface area contributed by atoms with E-state index in [0.29, 0.717) is 0 Å². The second-order valence-corrected chi connectivity index (χ2v) is 4.05. The number of imidazole rings is 1. The van der Waals surface area contributed by atoms with E-state index in [1.807, 2.05) is 35.9 Å². The first kappa shape index (κ1) is 10.7. The molecule has 0 bridgehead atoms. The minimum absolute atomic E-state index is 0.722. The molecule has 3 aromatic heterocycles. The standard InChI is InChI=1S/C13H13N5/c1-18-12-11(3-2-6-15-12)17-13(18)16-9-10-4-7-14-8-5-10/h2-8H,9H2,1H3,(H,16,17). The van der Waals surface area contributed by atoms with Crippen LogP contribution in [0.1, 0.15) is 5.56 Å². The third-order valence-corrected chi connectivity index (χ3v) is 2.83. The highest BCUT2D eigenvalue weighted by atomic mass is 15.2. The van der Waals surface area contributed by atoms with Gasteiger partial charge in [0.25, 0.3) is 0 Å². The Bertz CT molecular complexity index is 659. The summed E-state index contributed by atoms with van der Waals surface area (Å²) in [6.45, 7) is 0.722. The van der Waals surface area contributed by atoms with Crippen LogP contribution in [0.5, 0.6) is 0 Å². The minimum atomic E-state index is 0.722. The lowest BCUT2D eigenvalue weighted by Crippen LogP contribution is -2.05. The highest BCUT2D eigenvalue weighted by molar-refractivity contribution is 5.74. The second kappa shape index (κ2) is 4.44. The third-order valence-electron chi connectivity index (χ3n) is 2.83. The number of hydrogen-bond acceptors (Lipinski definition) is 4. The number of anilines is 1. The van der Waals surface area contributed by atoms with Gasteiger partial charge in [0.2, 0.25) is 5.95 Å². The predicted molar refractivity (Wildman–Crippen MR) is 70.1 cm³/mol. The van der Waals surface area contributed by atoms with Gasteiger partial charge in [0.05, 0.1) is 0 Å². The van der Waals surface area contributed by atoms with Gasteiger partial charge in [0, 0.05) is 32.2 Å². The van der Waals surface area contributed by atoms with Crippen LogP contribution >= 0.6 is 0 Å². The van der Waals surface area contributed by atoms with Crippen molar-refractivity contribution in [1.29, 1.82) is 0 Å². The molecule has 1 N–H and O–H groups in total. The summed E-state index contributed by atoms with van der Waals surface area (Å²) < 4.78 is 1.95. The molecule has 5 nitrogen and oxygen atoms in total. The van der Waals surface area contributed by atoms with Crippen LogP contribution in [0.25, 0.3) is 11.2 Å². The molecule has 0 aliphatic rings. The summed E-state index contributed by atoms with van der Waals surface area (Å²) in [5.41, 5.74) is 2.96. The Hall–Kier alpha value is -2.43. The molecule has 3 aromatic rings. The van der Waals surface area contributed by atoms with Gasteiger partial charge in [-0.15, -0.1) is 0 Å². The Morgan fingerprint density at radius 3 is 2.78 bits per heavy atom. The minimum Gasteiger partial charge on any atom is -0.352 e. The van der Waals surface area contributed by atoms with Crippen molar-refractivity contribution in [3.05, 3.63) is 48.4 Å². The van der Waals surface area contributed by atoms with Gasteiger partial charge in [0.1, 0.15) is 5.52 Å². The van der Waals surface area contributed by atoms with E-state index in [9.17, 15) is 0 Å². The molecular weight excluding hydrogens is 226 g/mol. The molecule has 18 heavy (non-hydrogen) atoms. The van der Waals surface area contributed by atoms with Crippen molar-refractivity contribution in [3.63, 3.8) is 0 Å². The summed E-state index contributed by atoms with van der Waals surface area (Å²) >= 11 is 0. The first-order valence-corrected chi connectivity index (χ1v) is 5.75.